The molecule has 0 aromatic rings. The third kappa shape index (κ3) is 1.03. The van der Waals surface area contributed by atoms with Crippen molar-refractivity contribution in [1.29, 1.82) is 0 Å². The average Bonchev–Trinajstić information content (AvgIpc) is 2.61. The van der Waals surface area contributed by atoms with Gasteiger partial charge in [-0.1, -0.05) is 12.2 Å². The second-order valence-electron chi connectivity index (χ2n) is 3.70. The monoisotopic (exact) mass is 228 g/mol. The summed E-state index contributed by atoms with van der Waals surface area (Å²) in [6.45, 7) is 0. The Kier molecular flexibility index (Phi) is 2.16. The van der Waals surface area contributed by atoms with Crippen LogP contribution in [0.25, 0.3) is 0 Å². The van der Waals surface area contributed by atoms with Crippen LogP contribution in [0, 0.1) is 11.8 Å². The summed E-state index contributed by atoms with van der Waals surface area (Å²) in [6, 6.07) is 0. The Morgan fingerprint density at radius 1 is 1.36 bits per heavy atom. The number of hydrogen-bond acceptors (Lipinski definition) is 1. The summed E-state index contributed by atoms with van der Waals surface area (Å²) in [6.07, 6.45) is -3.57. The maximum atomic E-state index is 13.5. The van der Waals surface area contributed by atoms with E-state index in [1.807, 2.05) is 0 Å². The molecule has 5 atom stereocenters. The lowest BCUT2D eigenvalue weighted by Gasteiger charge is -2.37. The molecule has 0 aliphatic heterocycles. The summed E-state index contributed by atoms with van der Waals surface area (Å²) in [5.41, 5.74) is -2.64. The molecule has 2 aliphatic rings. The topological polar surface area (TPSA) is 9.23 Å². The van der Waals surface area contributed by atoms with E-state index in [2.05, 4.69) is 4.52 Å². The first-order valence-electron chi connectivity index (χ1n) is 4.20. The molecule has 6 heteroatoms. The fourth-order valence-electron chi connectivity index (χ4n) is 2.37. The highest BCUT2D eigenvalue weighted by Crippen LogP contribution is 2.57. The quantitative estimate of drug-likeness (QED) is 0.381. The van der Waals surface area contributed by atoms with Gasteiger partial charge in [0.25, 0.3) is 0 Å². The number of allylic oxidation sites excluding steroid dienone is 1. The fourth-order valence-corrected chi connectivity index (χ4v) is 2.81. The Balaban J connectivity index is 2.43. The summed E-state index contributed by atoms with van der Waals surface area (Å²) < 4.78 is 56.0. The fraction of sp³-hybridized carbons (Fsp3) is 0.750. The van der Waals surface area contributed by atoms with E-state index in [4.69, 9.17) is 0 Å². The van der Waals surface area contributed by atoms with E-state index in [-0.39, 0.29) is 6.42 Å². The summed E-state index contributed by atoms with van der Waals surface area (Å²) >= 11 is 0. The van der Waals surface area contributed by atoms with Crippen LogP contribution in [0.1, 0.15) is 6.42 Å². The van der Waals surface area contributed by atoms with Crippen molar-refractivity contribution in [3.63, 3.8) is 0 Å². The Morgan fingerprint density at radius 2 is 2.00 bits per heavy atom. The molecule has 1 nitrogen and oxygen atoms in total. The van der Waals surface area contributed by atoms with E-state index in [0.29, 0.717) is 0 Å². The van der Waals surface area contributed by atoms with E-state index in [1.165, 1.54) is 12.2 Å². The molecule has 2 aliphatic carbocycles. The average molecular weight is 228 g/mol. The third-order valence-electron chi connectivity index (χ3n) is 3.09. The first-order valence-corrected chi connectivity index (χ1v) is 4.67. The second kappa shape index (κ2) is 2.92. The van der Waals surface area contributed by atoms with E-state index in [1.54, 1.807) is 9.47 Å². The SMILES string of the molecule is FC1C2C=CC(C2)C1(OP)C(F)(F)F. The molecular weight excluding hydrogens is 219 g/mol. The van der Waals surface area contributed by atoms with Gasteiger partial charge in [0.05, 0.1) is 0 Å². The summed E-state index contributed by atoms with van der Waals surface area (Å²) in [4.78, 5) is 0. The Labute approximate surface area is 80.8 Å². The van der Waals surface area contributed by atoms with Gasteiger partial charge in [-0.2, -0.15) is 13.2 Å². The van der Waals surface area contributed by atoms with Crippen LogP contribution in [0.3, 0.4) is 0 Å². The molecule has 0 heterocycles. The molecule has 0 saturated heterocycles. The zero-order valence-corrected chi connectivity index (χ0v) is 8.25. The Hall–Kier alpha value is -0.150. The summed E-state index contributed by atoms with van der Waals surface area (Å²) in [5, 5.41) is 0. The highest BCUT2D eigenvalue weighted by Gasteiger charge is 2.71. The maximum Gasteiger partial charge on any atom is 0.421 e. The van der Waals surface area contributed by atoms with E-state index in [0.717, 1.165) is 0 Å². The van der Waals surface area contributed by atoms with Crippen molar-refractivity contribution < 1.29 is 22.1 Å². The van der Waals surface area contributed by atoms with Crippen LogP contribution in [-0.4, -0.2) is 17.9 Å². The summed E-state index contributed by atoms with van der Waals surface area (Å²) in [5.74, 6) is -1.54. The van der Waals surface area contributed by atoms with E-state index in [9.17, 15) is 17.6 Å². The molecule has 0 spiro atoms. The van der Waals surface area contributed by atoms with Crippen molar-refractivity contribution in [3.05, 3.63) is 12.2 Å². The van der Waals surface area contributed by atoms with Gasteiger partial charge in [-0.3, -0.25) is 0 Å². The van der Waals surface area contributed by atoms with Gasteiger partial charge in [-0.05, 0) is 6.42 Å². The smallest absolute Gasteiger partial charge is 0.346 e. The van der Waals surface area contributed by atoms with Gasteiger partial charge in [0.1, 0.15) is 6.17 Å². The van der Waals surface area contributed by atoms with Crippen molar-refractivity contribution in [2.45, 2.75) is 24.4 Å². The zero-order chi connectivity index (χ0) is 10.6. The van der Waals surface area contributed by atoms with Crippen molar-refractivity contribution in [2.75, 3.05) is 0 Å². The lowest BCUT2D eigenvalue weighted by Crippen LogP contribution is -2.55. The first-order chi connectivity index (χ1) is 6.43. The molecule has 2 rings (SSSR count). The van der Waals surface area contributed by atoms with Crippen LogP contribution in [0.2, 0.25) is 0 Å². The molecule has 0 aromatic heterocycles. The molecule has 80 valence electrons. The van der Waals surface area contributed by atoms with Gasteiger partial charge in [-0.15, -0.1) is 0 Å². The number of hydrogen-bond donors (Lipinski definition) is 0. The zero-order valence-electron chi connectivity index (χ0n) is 7.09. The Bertz CT molecular complexity index is 277. The minimum atomic E-state index is -4.67. The molecular formula is C8H9F4OP. The van der Waals surface area contributed by atoms with E-state index < -0.39 is 29.8 Å². The van der Waals surface area contributed by atoms with Crippen LogP contribution < -0.4 is 0 Å². The summed E-state index contributed by atoms with van der Waals surface area (Å²) in [7, 11) is 1.54. The highest BCUT2D eigenvalue weighted by molar-refractivity contribution is 7.09. The number of alkyl halides is 4. The lowest BCUT2D eigenvalue weighted by atomic mass is 9.86. The van der Waals surface area contributed by atoms with Crippen LogP contribution in [-0.2, 0) is 4.52 Å². The minimum Gasteiger partial charge on any atom is -0.346 e. The molecule has 1 fully saturated rings. The molecule has 0 radical (unpaired) electrons. The van der Waals surface area contributed by atoms with Gasteiger partial charge in [-0.25, -0.2) is 4.39 Å². The Morgan fingerprint density at radius 3 is 2.29 bits per heavy atom. The predicted molar refractivity (Wildman–Crippen MR) is 45.2 cm³/mol. The number of fused-ring (bicyclic) bond motifs is 2. The lowest BCUT2D eigenvalue weighted by molar-refractivity contribution is -0.270. The van der Waals surface area contributed by atoms with Gasteiger partial charge < -0.3 is 4.52 Å². The molecule has 0 N–H and O–H groups in total. The molecule has 2 bridgehead atoms. The van der Waals surface area contributed by atoms with Crippen LogP contribution in [0.4, 0.5) is 17.6 Å². The maximum absolute atomic E-state index is 13.5. The largest absolute Gasteiger partial charge is 0.421 e. The first kappa shape index (κ1) is 10.4. The molecule has 0 amide bonds. The van der Waals surface area contributed by atoms with Crippen molar-refractivity contribution >= 4 is 9.47 Å². The van der Waals surface area contributed by atoms with Gasteiger partial charge >= 0.3 is 6.18 Å². The normalized spacial score (nSPS) is 46.2. The van der Waals surface area contributed by atoms with Crippen LogP contribution in [0.15, 0.2) is 12.2 Å². The number of halogens is 4. The second-order valence-corrected chi connectivity index (χ2v) is 3.94. The third-order valence-corrected chi connectivity index (χ3v) is 3.48. The minimum absolute atomic E-state index is 0.190. The molecule has 0 aromatic carbocycles. The van der Waals surface area contributed by atoms with Crippen molar-refractivity contribution in [2.24, 2.45) is 11.8 Å². The molecule has 14 heavy (non-hydrogen) atoms. The predicted octanol–water partition coefficient (Wildman–Crippen LogP) is 2.64. The van der Waals surface area contributed by atoms with E-state index >= 15 is 0 Å². The van der Waals surface area contributed by atoms with Crippen molar-refractivity contribution in [3.8, 4) is 0 Å². The highest BCUT2D eigenvalue weighted by atomic mass is 31.0. The molecule has 1 saturated carbocycles. The van der Waals surface area contributed by atoms with Gasteiger partial charge in [0, 0.05) is 21.3 Å². The van der Waals surface area contributed by atoms with Crippen LogP contribution in [0.5, 0.6) is 0 Å². The van der Waals surface area contributed by atoms with Gasteiger partial charge in [0.2, 0.25) is 5.60 Å². The van der Waals surface area contributed by atoms with Crippen molar-refractivity contribution in [1.82, 2.24) is 0 Å². The van der Waals surface area contributed by atoms with Gasteiger partial charge in [0.15, 0.2) is 0 Å². The van der Waals surface area contributed by atoms with Crippen LogP contribution >= 0.6 is 9.47 Å². The molecule has 5 unspecified atom stereocenters. The number of rotatable bonds is 1. The standard InChI is InChI=1S/C8H9F4OP/c9-6-4-1-2-5(3-4)7(6,13-14)8(10,11)12/h1-2,4-6H,3,14H2.